The topological polar surface area (TPSA) is 101 Å². The normalized spacial score (nSPS) is 12.4. The van der Waals surface area contributed by atoms with Gasteiger partial charge in [0, 0.05) is 25.4 Å². The van der Waals surface area contributed by atoms with Crippen LogP contribution in [0, 0.1) is 5.92 Å². The lowest BCUT2D eigenvalue weighted by Gasteiger charge is -2.20. The van der Waals surface area contributed by atoms with Crippen molar-refractivity contribution < 1.29 is 14.4 Å². The van der Waals surface area contributed by atoms with Crippen LogP contribution < -0.4 is 16.4 Å². The van der Waals surface area contributed by atoms with Crippen molar-refractivity contribution in [3.05, 3.63) is 95.6 Å². The second-order valence-electron chi connectivity index (χ2n) is 8.88. The molecule has 0 saturated heterocycles. The molecule has 0 bridgehead atoms. The predicted octanol–water partition coefficient (Wildman–Crippen LogP) is 3.77. The molecule has 3 aromatic rings. The van der Waals surface area contributed by atoms with E-state index in [4.69, 9.17) is 5.73 Å². The van der Waals surface area contributed by atoms with Crippen molar-refractivity contribution in [2.24, 2.45) is 11.7 Å². The van der Waals surface area contributed by atoms with E-state index in [2.05, 4.69) is 22.8 Å². The van der Waals surface area contributed by atoms with E-state index in [9.17, 15) is 14.4 Å². The summed E-state index contributed by atoms with van der Waals surface area (Å²) in [5.41, 5.74) is 10.8. The predicted molar refractivity (Wildman–Crippen MR) is 138 cm³/mol. The fourth-order valence-corrected chi connectivity index (χ4v) is 3.90. The third-order valence-corrected chi connectivity index (χ3v) is 5.87. The summed E-state index contributed by atoms with van der Waals surface area (Å²) in [5.74, 6) is -1.17. The number of nitrogens with two attached hydrogens (primary N) is 1. The molecular weight excluding hydrogens is 438 g/mol. The number of Topliss-reactive ketones (excluding diaryl/α,β-unsaturated/α-hetero) is 1. The Hall–Kier alpha value is -3.77. The van der Waals surface area contributed by atoms with Crippen LogP contribution in [0.25, 0.3) is 11.1 Å². The Bertz CT molecular complexity index is 1140. The van der Waals surface area contributed by atoms with Crippen LogP contribution in [0.15, 0.2) is 78.9 Å². The standard InChI is InChI=1S/C29H33N3O3/c1-20(15-22-11-13-26(14-12-22)25-9-4-3-5-10-25)28(34)32-27(16-21(2)33)29(35)31-19-24-8-6-7-23(17-24)18-30/h3-14,17,20,27H,15-16,18-19,30H2,1-2H3,(H,31,35)(H,32,34)/t20-,27-/m0/s1. The summed E-state index contributed by atoms with van der Waals surface area (Å²) in [7, 11) is 0. The van der Waals surface area contributed by atoms with E-state index in [1.54, 1.807) is 0 Å². The summed E-state index contributed by atoms with van der Waals surface area (Å²) in [5, 5.41) is 5.60. The summed E-state index contributed by atoms with van der Waals surface area (Å²) in [6.07, 6.45) is 0.472. The van der Waals surface area contributed by atoms with Crippen molar-refractivity contribution in [1.82, 2.24) is 10.6 Å². The molecule has 0 aromatic heterocycles. The molecule has 0 fully saturated rings. The van der Waals surface area contributed by atoms with Crippen molar-refractivity contribution >= 4 is 17.6 Å². The maximum absolute atomic E-state index is 12.9. The van der Waals surface area contributed by atoms with Crippen LogP contribution in [0.4, 0.5) is 0 Å². The quantitative estimate of drug-likeness (QED) is 0.396. The fraction of sp³-hybridized carbons (Fsp3) is 0.276. The lowest BCUT2D eigenvalue weighted by atomic mass is 9.97. The molecule has 2 amide bonds. The molecule has 0 saturated carbocycles. The van der Waals surface area contributed by atoms with E-state index in [-0.39, 0.29) is 29.9 Å². The molecule has 4 N–H and O–H groups in total. The minimum absolute atomic E-state index is 0.0566. The van der Waals surface area contributed by atoms with Gasteiger partial charge in [-0.05, 0) is 41.2 Å². The molecule has 0 radical (unpaired) electrons. The largest absolute Gasteiger partial charge is 0.350 e. The molecule has 6 nitrogen and oxygen atoms in total. The van der Waals surface area contributed by atoms with E-state index >= 15 is 0 Å². The van der Waals surface area contributed by atoms with Gasteiger partial charge in [-0.25, -0.2) is 0 Å². The molecule has 0 spiro atoms. The summed E-state index contributed by atoms with van der Waals surface area (Å²) in [4.78, 5) is 37.4. The summed E-state index contributed by atoms with van der Waals surface area (Å²) >= 11 is 0. The van der Waals surface area contributed by atoms with E-state index in [1.165, 1.54) is 6.92 Å². The molecular formula is C29H33N3O3. The second-order valence-corrected chi connectivity index (χ2v) is 8.88. The van der Waals surface area contributed by atoms with Gasteiger partial charge in [-0.15, -0.1) is 0 Å². The lowest BCUT2D eigenvalue weighted by Crippen LogP contribution is -2.49. The van der Waals surface area contributed by atoms with Crippen LogP contribution in [0.2, 0.25) is 0 Å². The number of benzene rings is 3. The zero-order valence-electron chi connectivity index (χ0n) is 20.3. The summed E-state index contributed by atoms with van der Waals surface area (Å²) in [6, 6.07) is 24.9. The first kappa shape index (κ1) is 25.8. The van der Waals surface area contributed by atoms with Gasteiger partial charge in [-0.1, -0.05) is 85.8 Å². The van der Waals surface area contributed by atoms with Crippen LogP contribution in [0.1, 0.15) is 37.0 Å². The average molecular weight is 472 g/mol. The minimum Gasteiger partial charge on any atom is -0.350 e. The first-order valence-corrected chi connectivity index (χ1v) is 11.9. The monoisotopic (exact) mass is 471 g/mol. The molecule has 0 unspecified atom stereocenters. The Labute approximate surface area is 206 Å². The zero-order chi connectivity index (χ0) is 25.2. The number of hydrogen-bond donors (Lipinski definition) is 3. The third-order valence-electron chi connectivity index (χ3n) is 5.87. The van der Waals surface area contributed by atoms with E-state index in [0.29, 0.717) is 19.5 Å². The van der Waals surface area contributed by atoms with Gasteiger partial charge in [0.15, 0.2) is 0 Å². The Morgan fingerprint density at radius 3 is 2.11 bits per heavy atom. The third kappa shape index (κ3) is 7.90. The van der Waals surface area contributed by atoms with Gasteiger partial charge in [-0.3, -0.25) is 14.4 Å². The van der Waals surface area contributed by atoms with Gasteiger partial charge < -0.3 is 16.4 Å². The summed E-state index contributed by atoms with van der Waals surface area (Å²) < 4.78 is 0. The second kappa shape index (κ2) is 12.6. The summed E-state index contributed by atoms with van der Waals surface area (Å²) in [6.45, 7) is 3.94. The SMILES string of the molecule is CC(=O)C[C@H](NC(=O)[C@@H](C)Cc1ccc(-c2ccccc2)cc1)C(=O)NCc1cccc(CN)c1. The first-order chi connectivity index (χ1) is 16.9. The molecule has 6 heteroatoms. The van der Waals surface area contributed by atoms with Gasteiger partial charge in [-0.2, -0.15) is 0 Å². The van der Waals surface area contributed by atoms with E-state index in [0.717, 1.165) is 27.8 Å². The van der Waals surface area contributed by atoms with Gasteiger partial charge in [0.25, 0.3) is 0 Å². The maximum atomic E-state index is 12.9. The molecule has 0 aliphatic carbocycles. The Morgan fingerprint density at radius 2 is 1.46 bits per heavy atom. The molecule has 3 aromatic carbocycles. The van der Waals surface area contributed by atoms with Crippen molar-refractivity contribution in [1.29, 1.82) is 0 Å². The Morgan fingerprint density at radius 1 is 0.800 bits per heavy atom. The van der Waals surface area contributed by atoms with Crippen molar-refractivity contribution in [3.8, 4) is 11.1 Å². The molecule has 0 heterocycles. The Kier molecular flexibility index (Phi) is 9.32. The fourth-order valence-electron chi connectivity index (χ4n) is 3.90. The molecule has 0 aliphatic heterocycles. The number of amides is 2. The number of carbonyl (C=O) groups excluding carboxylic acids is 3. The van der Waals surface area contributed by atoms with Crippen LogP contribution in [-0.2, 0) is 33.9 Å². The highest BCUT2D eigenvalue weighted by molar-refractivity contribution is 5.92. The van der Waals surface area contributed by atoms with E-state index < -0.39 is 6.04 Å². The number of nitrogens with one attached hydrogen (secondary N) is 2. The Balaban J connectivity index is 1.58. The highest BCUT2D eigenvalue weighted by Crippen LogP contribution is 2.20. The van der Waals surface area contributed by atoms with Gasteiger partial charge in [0.2, 0.25) is 11.8 Å². The average Bonchev–Trinajstić information content (AvgIpc) is 2.87. The minimum atomic E-state index is -0.916. The van der Waals surface area contributed by atoms with Crippen molar-refractivity contribution in [2.75, 3.05) is 0 Å². The molecule has 182 valence electrons. The number of hydrogen-bond acceptors (Lipinski definition) is 4. The van der Waals surface area contributed by atoms with Crippen LogP contribution in [0.5, 0.6) is 0 Å². The van der Waals surface area contributed by atoms with Gasteiger partial charge in [0.1, 0.15) is 11.8 Å². The molecule has 3 rings (SSSR count). The van der Waals surface area contributed by atoms with Crippen molar-refractivity contribution in [2.45, 2.75) is 45.8 Å². The number of ketones is 1. The lowest BCUT2D eigenvalue weighted by molar-refractivity contribution is -0.132. The maximum Gasteiger partial charge on any atom is 0.243 e. The number of carbonyl (C=O) groups is 3. The van der Waals surface area contributed by atoms with Crippen LogP contribution in [-0.4, -0.2) is 23.6 Å². The van der Waals surface area contributed by atoms with Crippen LogP contribution >= 0.6 is 0 Å². The number of rotatable bonds is 11. The smallest absolute Gasteiger partial charge is 0.243 e. The highest BCUT2D eigenvalue weighted by Gasteiger charge is 2.25. The highest BCUT2D eigenvalue weighted by atomic mass is 16.2. The van der Waals surface area contributed by atoms with Crippen molar-refractivity contribution in [3.63, 3.8) is 0 Å². The molecule has 35 heavy (non-hydrogen) atoms. The van der Waals surface area contributed by atoms with Crippen LogP contribution in [0.3, 0.4) is 0 Å². The molecule has 2 atom stereocenters. The van der Waals surface area contributed by atoms with E-state index in [1.807, 2.05) is 73.7 Å². The zero-order valence-corrected chi connectivity index (χ0v) is 20.3. The molecule has 0 aliphatic rings. The first-order valence-electron chi connectivity index (χ1n) is 11.9. The van der Waals surface area contributed by atoms with Gasteiger partial charge >= 0.3 is 0 Å². The van der Waals surface area contributed by atoms with Gasteiger partial charge in [0.05, 0.1) is 0 Å².